The van der Waals surface area contributed by atoms with Crippen LogP contribution in [0.4, 0.5) is 0 Å². The third kappa shape index (κ3) is 4.48. The van der Waals surface area contributed by atoms with Crippen LogP contribution in [-0.2, 0) is 0 Å². The van der Waals surface area contributed by atoms with Gasteiger partial charge < -0.3 is 4.57 Å². The number of rotatable bonds is 5. The first-order chi connectivity index (χ1) is 24.3. The molecule has 0 saturated heterocycles. The van der Waals surface area contributed by atoms with Crippen LogP contribution in [-0.4, -0.2) is 24.5 Å². The van der Waals surface area contributed by atoms with Crippen LogP contribution in [0.3, 0.4) is 0 Å². The van der Waals surface area contributed by atoms with Crippen molar-refractivity contribution in [1.82, 2.24) is 24.5 Å². The lowest BCUT2D eigenvalue weighted by Gasteiger charge is -2.12. The van der Waals surface area contributed by atoms with Gasteiger partial charge in [-0.3, -0.25) is 0 Å². The fraction of sp³-hybridized carbons (Fsp3) is 0. The number of fused-ring (bicyclic) bond motifs is 4. The minimum Gasteiger partial charge on any atom is -0.309 e. The molecule has 10 rings (SSSR count). The van der Waals surface area contributed by atoms with Crippen LogP contribution < -0.4 is 0 Å². The average Bonchev–Trinajstić information content (AvgIpc) is 3.72. The Morgan fingerprint density at radius 2 is 0.878 bits per heavy atom. The Kier molecular flexibility index (Phi) is 6.11. The molecular weight excluding hydrogens is 599 g/mol. The monoisotopic (exact) mass is 625 g/mol. The van der Waals surface area contributed by atoms with Gasteiger partial charge in [0, 0.05) is 33.3 Å². The molecule has 6 aromatic carbocycles. The largest absolute Gasteiger partial charge is 0.309 e. The van der Waals surface area contributed by atoms with Crippen molar-refractivity contribution in [3.8, 4) is 73.4 Å². The lowest BCUT2D eigenvalue weighted by Crippen LogP contribution is -1.99. The van der Waals surface area contributed by atoms with E-state index in [0.29, 0.717) is 17.3 Å². The topological polar surface area (TPSA) is 56.5 Å². The molecule has 49 heavy (non-hydrogen) atoms. The van der Waals surface area contributed by atoms with Crippen molar-refractivity contribution >= 4 is 21.9 Å². The molecular formula is C44H27N5. The van der Waals surface area contributed by atoms with Gasteiger partial charge in [-0.05, 0) is 41.0 Å². The van der Waals surface area contributed by atoms with Crippen molar-refractivity contribution < 1.29 is 0 Å². The van der Waals surface area contributed by atoms with Gasteiger partial charge >= 0.3 is 0 Å². The van der Waals surface area contributed by atoms with E-state index in [1.165, 1.54) is 16.5 Å². The molecule has 5 nitrogen and oxygen atoms in total. The van der Waals surface area contributed by atoms with E-state index in [-0.39, 0.29) is 0 Å². The summed E-state index contributed by atoms with van der Waals surface area (Å²) in [5.74, 6) is 1.29. The summed E-state index contributed by atoms with van der Waals surface area (Å²) in [6.45, 7) is 0. The van der Waals surface area contributed by atoms with E-state index in [4.69, 9.17) is 19.9 Å². The predicted molar refractivity (Wildman–Crippen MR) is 198 cm³/mol. The van der Waals surface area contributed by atoms with Crippen LogP contribution in [0.2, 0.25) is 0 Å². The zero-order valence-corrected chi connectivity index (χ0v) is 26.3. The Morgan fingerprint density at radius 3 is 1.51 bits per heavy atom. The first kappa shape index (κ1) is 27.4. The Bertz CT molecular complexity index is 2680. The molecule has 0 atom stereocenters. The summed E-state index contributed by atoms with van der Waals surface area (Å²) >= 11 is 0. The van der Waals surface area contributed by atoms with E-state index in [1.807, 2.05) is 6.07 Å². The Hall–Kier alpha value is -6.72. The number of hydrogen-bond donors (Lipinski definition) is 0. The van der Waals surface area contributed by atoms with E-state index in [2.05, 4.69) is 162 Å². The first-order valence-corrected chi connectivity index (χ1v) is 16.4. The van der Waals surface area contributed by atoms with Crippen molar-refractivity contribution in [2.75, 3.05) is 0 Å². The van der Waals surface area contributed by atoms with Gasteiger partial charge in [-0.15, -0.1) is 0 Å². The summed E-state index contributed by atoms with van der Waals surface area (Å²) in [4.78, 5) is 20.4. The summed E-state index contributed by atoms with van der Waals surface area (Å²) in [6, 6.07) is 57.0. The maximum absolute atomic E-state index is 5.14. The molecule has 0 unspecified atom stereocenters. The minimum absolute atomic E-state index is 0.643. The van der Waals surface area contributed by atoms with Gasteiger partial charge in [-0.25, -0.2) is 19.9 Å². The number of para-hydroxylation sites is 2. The second-order valence-electron chi connectivity index (χ2n) is 12.3. The standard InChI is InChI=1S/C44H27N5/c1-3-11-28(12-4-1)29-19-23-31(24-20-29)42-45-40-35-16-8-9-17-36(35)41-39(40)44(47-42)48-43(46-41)32-25-21-30(22-26-32)38-27-33-13-7-10-18-37(33)49(38)34-14-5-2-6-15-34/h1-27H. The molecule has 0 N–H and O–H groups in total. The van der Waals surface area contributed by atoms with Crippen LogP contribution in [0, 0.1) is 0 Å². The third-order valence-electron chi connectivity index (χ3n) is 9.41. The molecule has 0 bridgehead atoms. The van der Waals surface area contributed by atoms with Crippen LogP contribution in [0.5, 0.6) is 0 Å². The average molecular weight is 626 g/mol. The first-order valence-electron chi connectivity index (χ1n) is 16.4. The maximum atomic E-state index is 5.14. The number of hydrogen-bond acceptors (Lipinski definition) is 4. The summed E-state index contributed by atoms with van der Waals surface area (Å²) in [5, 5.41) is 2.10. The zero-order valence-electron chi connectivity index (χ0n) is 26.3. The van der Waals surface area contributed by atoms with Crippen LogP contribution in [0.15, 0.2) is 164 Å². The quantitative estimate of drug-likeness (QED) is 0.191. The Morgan fingerprint density at radius 1 is 0.388 bits per heavy atom. The molecule has 1 aliphatic carbocycles. The lowest BCUT2D eigenvalue weighted by atomic mass is 10.0. The van der Waals surface area contributed by atoms with Crippen molar-refractivity contribution in [2.24, 2.45) is 0 Å². The molecule has 0 saturated carbocycles. The van der Waals surface area contributed by atoms with E-state index in [1.54, 1.807) is 0 Å². The highest BCUT2D eigenvalue weighted by Gasteiger charge is 2.27. The molecule has 3 heterocycles. The number of aromatic nitrogens is 5. The van der Waals surface area contributed by atoms with E-state index < -0.39 is 0 Å². The van der Waals surface area contributed by atoms with E-state index in [9.17, 15) is 0 Å². The van der Waals surface area contributed by atoms with E-state index >= 15 is 0 Å². The summed E-state index contributed by atoms with van der Waals surface area (Å²) < 4.78 is 2.32. The second kappa shape index (κ2) is 10.9. The summed E-state index contributed by atoms with van der Waals surface area (Å²) in [6.07, 6.45) is 0. The normalized spacial score (nSPS) is 11.7. The smallest absolute Gasteiger partial charge is 0.168 e. The molecule has 5 heteroatoms. The molecule has 3 aromatic heterocycles. The fourth-order valence-electron chi connectivity index (χ4n) is 7.03. The second-order valence-corrected chi connectivity index (χ2v) is 12.3. The van der Waals surface area contributed by atoms with Gasteiger partial charge in [0.15, 0.2) is 17.3 Å². The highest BCUT2D eigenvalue weighted by Crippen LogP contribution is 2.45. The number of nitrogens with zero attached hydrogens (tertiary/aromatic N) is 5. The summed E-state index contributed by atoms with van der Waals surface area (Å²) in [5.41, 5.74) is 13.3. The fourth-order valence-corrected chi connectivity index (χ4v) is 7.03. The number of benzene rings is 6. The molecule has 0 spiro atoms. The highest BCUT2D eigenvalue weighted by molar-refractivity contribution is 6.11. The molecule has 9 aromatic rings. The van der Waals surface area contributed by atoms with Crippen molar-refractivity contribution in [3.05, 3.63) is 164 Å². The predicted octanol–water partition coefficient (Wildman–Crippen LogP) is 10.7. The Balaban J connectivity index is 1.09. The third-order valence-corrected chi connectivity index (χ3v) is 9.41. The van der Waals surface area contributed by atoms with Gasteiger partial charge in [0.1, 0.15) is 0 Å². The molecule has 0 aliphatic heterocycles. The van der Waals surface area contributed by atoms with Crippen molar-refractivity contribution in [2.45, 2.75) is 0 Å². The molecule has 0 radical (unpaired) electrons. The van der Waals surface area contributed by atoms with Crippen molar-refractivity contribution in [3.63, 3.8) is 0 Å². The highest BCUT2D eigenvalue weighted by atomic mass is 15.0. The van der Waals surface area contributed by atoms with Gasteiger partial charge in [0.25, 0.3) is 0 Å². The lowest BCUT2D eigenvalue weighted by molar-refractivity contribution is 1.13. The maximum Gasteiger partial charge on any atom is 0.168 e. The van der Waals surface area contributed by atoms with Gasteiger partial charge in [-0.2, -0.15) is 0 Å². The Labute approximate surface area is 282 Å². The minimum atomic E-state index is 0.643. The molecule has 228 valence electrons. The van der Waals surface area contributed by atoms with Gasteiger partial charge in [0.2, 0.25) is 0 Å². The van der Waals surface area contributed by atoms with Crippen LogP contribution >= 0.6 is 0 Å². The van der Waals surface area contributed by atoms with Gasteiger partial charge in [0.05, 0.1) is 28.0 Å². The van der Waals surface area contributed by atoms with Crippen molar-refractivity contribution in [1.29, 1.82) is 0 Å². The zero-order chi connectivity index (χ0) is 32.3. The van der Waals surface area contributed by atoms with Crippen LogP contribution in [0.1, 0.15) is 0 Å². The SMILES string of the molecule is c1ccc(-c2ccc(-c3nc4c5c(nc(-c6ccc(-c7cc8ccccc8n7-c7ccccc7)cc6)nc5n3)-c3ccccc3-4)cc2)cc1. The molecule has 0 fully saturated rings. The van der Waals surface area contributed by atoms with Crippen LogP contribution in [0.25, 0.3) is 95.3 Å². The summed E-state index contributed by atoms with van der Waals surface area (Å²) in [7, 11) is 0. The molecule has 0 amide bonds. The molecule has 1 aliphatic rings. The van der Waals surface area contributed by atoms with Gasteiger partial charge in [-0.1, -0.05) is 140 Å². The van der Waals surface area contributed by atoms with E-state index in [0.717, 1.165) is 61.5 Å².